The topological polar surface area (TPSA) is 86.9 Å². The number of hydrogen-bond acceptors (Lipinski definition) is 4. The van der Waals surface area contributed by atoms with E-state index in [-0.39, 0.29) is 4.90 Å². The van der Waals surface area contributed by atoms with Gasteiger partial charge in [-0.3, -0.25) is 0 Å². The molecule has 3 N–H and O–H groups in total. The molecule has 1 heterocycles. The summed E-state index contributed by atoms with van der Waals surface area (Å²) in [5.41, 5.74) is 2.05. The summed E-state index contributed by atoms with van der Waals surface area (Å²) in [6.07, 6.45) is 3.89. The summed E-state index contributed by atoms with van der Waals surface area (Å²) in [7, 11) is -1.65. The van der Waals surface area contributed by atoms with Crippen molar-refractivity contribution in [1.29, 1.82) is 0 Å². The van der Waals surface area contributed by atoms with E-state index >= 15 is 0 Å². The van der Waals surface area contributed by atoms with Gasteiger partial charge in [-0.05, 0) is 37.2 Å². The van der Waals surface area contributed by atoms with Crippen LogP contribution in [0.15, 0.2) is 35.5 Å². The van der Waals surface area contributed by atoms with Crippen molar-refractivity contribution in [2.75, 3.05) is 13.6 Å². The highest BCUT2D eigenvalue weighted by atomic mass is 32.2. The SMILES string of the molecule is CNCc1cc(S(=O)(=O)NCCc2ncc[nH]2)ccc1C. The van der Waals surface area contributed by atoms with Crippen LogP contribution in [-0.2, 0) is 23.0 Å². The van der Waals surface area contributed by atoms with Crippen LogP contribution in [0.2, 0.25) is 0 Å². The minimum atomic E-state index is -3.49. The molecule has 0 aliphatic heterocycles. The first-order valence-electron chi connectivity index (χ1n) is 6.75. The molecule has 114 valence electrons. The number of aromatic nitrogens is 2. The second-order valence-corrected chi connectivity index (χ2v) is 6.57. The van der Waals surface area contributed by atoms with Crippen LogP contribution in [0.4, 0.5) is 0 Å². The fraction of sp³-hybridized carbons (Fsp3) is 0.357. The molecule has 0 aliphatic carbocycles. The number of aryl methyl sites for hydroxylation is 1. The highest BCUT2D eigenvalue weighted by Crippen LogP contribution is 2.15. The van der Waals surface area contributed by atoms with Gasteiger partial charge in [-0.2, -0.15) is 0 Å². The molecule has 0 radical (unpaired) electrons. The number of imidazole rings is 1. The molecule has 0 aliphatic rings. The van der Waals surface area contributed by atoms with Crippen molar-refractivity contribution >= 4 is 10.0 Å². The van der Waals surface area contributed by atoms with Crippen molar-refractivity contribution in [3.8, 4) is 0 Å². The lowest BCUT2D eigenvalue weighted by Crippen LogP contribution is -2.26. The van der Waals surface area contributed by atoms with Gasteiger partial charge in [0, 0.05) is 31.9 Å². The molecule has 6 nitrogen and oxygen atoms in total. The predicted molar refractivity (Wildman–Crippen MR) is 81.4 cm³/mol. The second kappa shape index (κ2) is 6.84. The van der Waals surface area contributed by atoms with Crippen molar-refractivity contribution in [1.82, 2.24) is 20.0 Å². The van der Waals surface area contributed by atoms with Crippen LogP contribution in [0.5, 0.6) is 0 Å². The van der Waals surface area contributed by atoms with Gasteiger partial charge in [-0.15, -0.1) is 0 Å². The predicted octanol–water partition coefficient (Wildman–Crippen LogP) is 0.959. The van der Waals surface area contributed by atoms with Crippen LogP contribution >= 0.6 is 0 Å². The van der Waals surface area contributed by atoms with E-state index < -0.39 is 10.0 Å². The number of aromatic amines is 1. The fourth-order valence-electron chi connectivity index (χ4n) is 2.02. The summed E-state index contributed by atoms with van der Waals surface area (Å²) >= 11 is 0. The molecule has 0 saturated carbocycles. The Kier molecular flexibility index (Phi) is 5.11. The molecule has 2 rings (SSSR count). The normalized spacial score (nSPS) is 11.7. The van der Waals surface area contributed by atoms with Crippen LogP contribution in [0, 0.1) is 6.92 Å². The second-order valence-electron chi connectivity index (χ2n) is 4.80. The number of benzene rings is 1. The van der Waals surface area contributed by atoms with Gasteiger partial charge < -0.3 is 10.3 Å². The molecule has 0 atom stereocenters. The molecule has 0 amide bonds. The number of H-pyrrole nitrogens is 1. The average molecular weight is 308 g/mol. The standard InChI is InChI=1S/C14H20N4O2S/c1-11-3-4-13(9-12(11)10-15-2)21(19,20)18-6-5-14-16-7-8-17-14/h3-4,7-9,15,18H,5-6,10H2,1-2H3,(H,16,17). The zero-order valence-corrected chi connectivity index (χ0v) is 13.0. The Morgan fingerprint density at radius 3 is 2.81 bits per heavy atom. The van der Waals surface area contributed by atoms with Crippen molar-refractivity contribution in [2.24, 2.45) is 0 Å². The Bertz CT molecular complexity index is 681. The summed E-state index contributed by atoms with van der Waals surface area (Å²) in [6, 6.07) is 5.17. The Hall–Kier alpha value is -1.70. The molecular weight excluding hydrogens is 288 g/mol. The molecule has 1 aromatic carbocycles. The maximum atomic E-state index is 12.3. The van der Waals surface area contributed by atoms with E-state index in [4.69, 9.17) is 0 Å². The zero-order valence-electron chi connectivity index (χ0n) is 12.2. The van der Waals surface area contributed by atoms with Crippen LogP contribution < -0.4 is 10.0 Å². The molecule has 0 saturated heterocycles. The summed E-state index contributed by atoms with van der Waals surface area (Å²) in [4.78, 5) is 7.29. The molecule has 1 aromatic heterocycles. The third kappa shape index (κ3) is 4.13. The Labute approximate surface area is 125 Å². The molecule has 7 heteroatoms. The number of hydrogen-bond donors (Lipinski definition) is 3. The minimum Gasteiger partial charge on any atom is -0.349 e. The van der Waals surface area contributed by atoms with E-state index in [1.165, 1.54) is 0 Å². The molecule has 2 aromatic rings. The van der Waals surface area contributed by atoms with Gasteiger partial charge in [0.25, 0.3) is 0 Å². The van der Waals surface area contributed by atoms with E-state index in [9.17, 15) is 8.42 Å². The largest absolute Gasteiger partial charge is 0.349 e. The zero-order chi connectivity index (χ0) is 15.3. The van der Waals surface area contributed by atoms with Crippen LogP contribution in [0.25, 0.3) is 0 Å². The Morgan fingerprint density at radius 1 is 1.33 bits per heavy atom. The van der Waals surface area contributed by atoms with Crippen molar-refractivity contribution in [3.63, 3.8) is 0 Å². The van der Waals surface area contributed by atoms with Gasteiger partial charge in [0.05, 0.1) is 4.90 Å². The maximum Gasteiger partial charge on any atom is 0.240 e. The summed E-state index contributed by atoms with van der Waals surface area (Å²) < 4.78 is 27.1. The van der Waals surface area contributed by atoms with Gasteiger partial charge >= 0.3 is 0 Å². The maximum absolute atomic E-state index is 12.3. The smallest absolute Gasteiger partial charge is 0.240 e. The van der Waals surface area contributed by atoms with E-state index in [2.05, 4.69) is 20.0 Å². The fourth-order valence-corrected chi connectivity index (χ4v) is 3.10. The van der Waals surface area contributed by atoms with E-state index in [1.54, 1.807) is 24.5 Å². The third-order valence-corrected chi connectivity index (χ3v) is 4.67. The number of rotatable bonds is 7. The average Bonchev–Trinajstić information content (AvgIpc) is 2.94. The number of sulfonamides is 1. The first-order valence-corrected chi connectivity index (χ1v) is 8.23. The lowest BCUT2D eigenvalue weighted by Gasteiger charge is -2.10. The molecule has 0 spiro atoms. The van der Waals surface area contributed by atoms with Crippen molar-refractivity contribution in [3.05, 3.63) is 47.5 Å². The van der Waals surface area contributed by atoms with Crippen LogP contribution in [0.3, 0.4) is 0 Å². The summed E-state index contributed by atoms with van der Waals surface area (Å²) in [6.45, 7) is 2.92. The van der Waals surface area contributed by atoms with Gasteiger partial charge in [-0.25, -0.2) is 18.1 Å². The molecule has 0 bridgehead atoms. The summed E-state index contributed by atoms with van der Waals surface area (Å²) in [5.74, 6) is 0.762. The highest BCUT2D eigenvalue weighted by molar-refractivity contribution is 7.89. The highest BCUT2D eigenvalue weighted by Gasteiger charge is 2.14. The quantitative estimate of drug-likeness (QED) is 0.711. The first-order chi connectivity index (χ1) is 10.0. The van der Waals surface area contributed by atoms with Gasteiger partial charge in [0.2, 0.25) is 10.0 Å². The van der Waals surface area contributed by atoms with Crippen LogP contribution in [-0.4, -0.2) is 32.0 Å². The summed E-state index contributed by atoms with van der Waals surface area (Å²) in [5, 5.41) is 3.04. The molecule has 21 heavy (non-hydrogen) atoms. The van der Waals surface area contributed by atoms with Crippen LogP contribution in [0.1, 0.15) is 17.0 Å². The Balaban J connectivity index is 2.06. The van der Waals surface area contributed by atoms with Crippen molar-refractivity contribution in [2.45, 2.75) is 24.8 Å². The minimum absolute atomic E-state index is 0.290. The third-order valence-electron chi connectivity index (χ3n) is 3.21. The first kappa shape index (κ1) is 15.7. The van der Waals surface area contributed by atoms with Gasteiger partial charge in [0.1, 0.15) is 5.82 Å². The van der Waals surface area contributed by atoms with E-state index in [1.807, 2.05) is 20.0 Å². The van der Waals surface area contributed by atoms with Gasteiger partial charge in [0.15, 0.2) is 0 Å². The van der Waals surface area contributed by atoms with E-state index in [0.717, 1.165) is 17.0 Å². The lowest BCUT2D eigenvalue weighted by molar-refractivity contribution is 0.580. The van der Waals surface area contributed by atoms with Crippen molar-refractivity contribution < 1.29 is 8.42 Å². The molecule has 0 fully saturated rings. The van der Waals surface area contributed by atoms with Gasteiger partial charge in [-0.1, -0.05) is 6.07 Å². The number of nitrogens with zero attached hydrogens (tertiary/aromatic N) is 1. The molecule has 0 unspecified atom stereocenters. The molecular formula is C14H20N4O2S. The van der Waals surface area contributed by atoms with E-state index in [0.29, 0.717) is 19.5 Å². The number of nitrogens with one attached hydrogen (secondary N) is 3. The monoisotopic (exact) mass is 308 g/mol. The Morgan fingerprint density at radius 2 is 2.14 bits per heavy atom. The lowest BCUT2D eigenvalue weighted by atomic mass is 10.1.